The fraction of sp³-hybridized carbons (Fsp3) is 0.333. The maximum atomic E-state index is 12.5. The lowest BCUT2D eigenvalue weighted by atomic mass is 10.0. The summed E-state index contributed by atoms with van der Waals surface area (Å²) < 4.78 is 27.6. The summed E-state index contributed by atoms with van der Waals surface area (Å²) in [4.78, 5) is 16.6. The Morgan fingerprint density at radius 2 is 1.84 bits per heavy atom. The molecule has 2 aromatic rings. The lowest BCUT2D eigenvalue weighted by molar-refractivity contribution is -0.123. The first-order chi connectivity index (χ1) is 11.8. The molecule has 1 aromatic heterocycles. The highest BCUT2D eigenvalue weighted by atomic mass is 32.2. The van der Waals surface area contributed by atoms with Crippen LogP contribution in [0.25, 0.3) is 0 Å². The van der Waals surface area contributed by atoms with Gasteiger partial charge in [0.05, 0.1) is 4.90 Å². The van der Waals surface area contributed by atoms with Crippen LogP contribution in [0.2, 0.25) is 0 Å². The first-order valence-corrected chi connectivity index (χ1v) is 9.53. The van der Waals surface area contributed by atoms with Gasteiger partial charge >= 0.3 is 0 Å². The summed E-state index contributed by atoms with van der Waals surface area (Å²) in [5.74, 6) is -0.566. The van der Waals surface area contributed by atoms with E-state index in [4.69, 9.17) is 0 Å². The maximum Gasteiger partial charge on any atom is 0.241 e. The minimum atomic E-state index is -3.77. The first-order valence-electron chi connectivity index (χ1n) is 8.05. The summed E-state index contributed by atoms with van der Waals surface area (Å²) in [5, 5.41) is 2.76. The van der Waals surface area contributed by atoms with E-state index in [1.807, 2.05) is 13.0 Å². The number of carbonyl (C=O) groups is 1. The number of pyridine rings is 1. The fourth-order valence-corrected chi connectivity index (χ4v) is 3.59. The Labute approximate surface area is 148 Å². The Morgan fingerprint density at radius 1 is 1.16 bits per heavy atom. The van der Waals surface area contributed by atoms with Crippen molar-refractivity contribution in [2.75, 3.05) is 0 Å². The third-order valence-corrected chi connectivity index (χ3v) is 5.21. The minimum Gasteiger partial charge on any atom is -0.351 e. The van der Waals surface area contributed by atoms with E-state index in [-0.39, 0.29) is 16.7 Å². The van der Waals surface area contributed by atoms with Gasteiger partial charge in [0, 0.05) is 18.9 Å². The van der Waals surface area contributed by atoms with Crippen molar-refractivity contribution in [2.24, 2.45) is 5.92 Å². The number of aromatic nitrogens is 1. The smallest absolute Gasteiger partial charge is 0.241 e. The van der Waals surface area contributed by atoms with E-state index in [1.54, 1.807) is 44.4 Å². The van der Waals surface area contributed by atoms with Gasteiger partial charge in [0.15, 0.2) is 0 Å². The minimum absolute atomic E-state index is 0.142. The number of benzene rings is 1. The molecule has 1 heterocycles. The van der Waals surface area contributed by atoms with E-state index in [0.717, 1.165) is 11.1 Å². The van der Waals surface area contributed by atoms with Gasteiger partial charge in [-0.25, -0.2) is 8.42 Å². The van der Waals surface area contributed by atoms with Gasteiger partial charge in [0.2, 0.25) is 15.9 Å². The van der Waals surface area contributed by atoms with Gasteiger partial charge in [0.1, 0.15) is 6.04 Å². The average Bonchev–Trinajstić information content (AvgIpc) is 2.58. The SMILES string of the molecule is Cc1ccc(S(=O)(=O)NC(C(=O)NCc2cccnc2)C(C)C)cc1. The second kappa shape index (κ2) is 8.22. The Kier molecular flexibility index (Phi) is 6.27. The molecule has 1 aromatic carbocycles. The van der Waals surface area contributed by atoms with Crippen molar-refractivity contribution in [1.82, 2.24) is 15.0 Å². The van der Waals surface area contributed by atoms with Crippen LogP contribution in [-0.4, -0.2) is 25.4 Å². The molecule has 0 fully saturated rings. The zero-order chi connectivity index (χ0) is 18.4. The second-order valence-electron chi connectivity index (χ2n) is 6.24. The molecule has 0 radical (unpaired) electrons. The van der Waals surface area contributed by atoms with Crippen LogP contribution in [0, 0.1) is 12.8 Å². The first kappa shape index (κ1) is 19.1. The molecule has 0 aliphatic carbocycles. The number of amides is 1. The van der Waals surface area contributed by atoms with Crippen LogP contribution in [0.15, 0.2) is 53.7 Å². The van der Waals surface area contributed by atoms with Crippen molar-refractivity contribution >= 4 is 15.9 Å². The lowest BCUT2D eigenvalue weighted by Gasteiger charge is -2.21. The van der Waals surface area contributed by atoms with Crippen LogP contribution in [0.5, 0.6) is 0 Å². The normalized spacial score (nSPS) is 12.8. The average molecular weight is 361 g/mol. The quantitative estimate of drug-likeness (QED) is 0.790. The van der Waals surface area contributed by atoms with Gasteiger partial charge in [0.25, 0.3) is 0 Å². The molecule has 0 saturated carbocycles. The number of nitrogens with zero attached hydrogens (tertiary/aromatic N) is 1. The third kappa shape index (κ3) is 5.37. The molecule has 2 N–H and O–H groups in total. The van der Waals surface area contributed by atoms with Crippen molar-refractivity contribution < 1.29 is 13.2 Å². The molecular weight excluding hydrogens is 338 g/mol. The van der Waals surface area contributed by atoms with Gasteiger partial charge in [-0.05, 0) is 36.6 Å². The monoisotopic (exact) mass is 361 g/mol. The molecule has 1 amide bonds. The van der Waals surface area contributed by atoms with Crippen molar-refractivity contribution in [3.05, 3.63) is 59.9 Å². The molecule has 134 valence electrons. The predicted molar refractivity (Wildman–Crippen MR) is 96.2 cm³/mol. The van der Waals surface area contributed by atoms with Crippen LogP contribution in [0.4, 0.5) is 0 Å². The number of carbonyl (C=O) groups excluding carboxylic acids is 1. The zero-order valence-electron chi connectivity index (χ0n) is 14.6. The van der Waals surface area contributed by atoms with Crippen LogP contribution in [0.1, 0.15) is 25.0 Å². The van der Waals surface area contributed by atoms with Crippen molar-refractivity contribution in [1.29, 1.82) is 0 Å². The highest BCUT2D eigenvalue weighted by molar-refractivity contribution is 7.89. The summed E-state index contributed by atoms with van der Waals surface area (Å²) in [5.41, 5.74) is 1.81. The van der Waals surface area contributed by atoms with Gasteiger partial charge in [-0.15, -0.1) is 0 Å². The lowest BCUT2D eigenvalue weighted by Crippen LogP contribution is -2.49. The molecule has 25 heavy (non-hydrogen) atoms. The highest BCUT2D eigenvalue weighted by Gasteiger charge is 2.28. The van der Waals surface area contributed by atoms with Crippen molar-refractivity contribution in [2.45, 2.75) is 38.3 Å². The van der Waals surface area contributed by atoms with Crippen LogP contribution in [0.3, 0.4) is 0 Å². The molecule has 2 rings (SSSR count). The molecule has 1 atom stereocenters. The van der Waals surface area contributed by atoms with Crippen LogP contribution >= 0.6 is 0 Å². The van der Waals surface area contributed by atoms with Gasteiger partial charge in [-0.3, -0.25) is 9.78 Å². The number of sulfonamides is 1. The topological polar surface area (TPSA) is 88.2 Å². The molecule has 0 aliphatic heterocycles. The number of aryl methyl sites for hydroxylation is 1. The molecule has 0 aliphatic rings. The van der Waals surface area contributed by atoms with Gasteiger partial charge in [-0.2, -0.15) is 4.72 Å². The Hall–Kier alpha value is -2.25. The third-order valence-electron chi connectivity index (χ3n) is 3.75. The van der Waals surface area contributed by atoms with Crippen LogP contribution in [-0.2, 0) is 21.4 Å². The number of nitrogens with one attached hydrogen (secondary N) is 2. The number of hydrogen-bond donors (Lipinski definition) is 2. The zero-order valence-corrected chi connectivity index (χ0v) is 15.4. The second-order valence-corrected chi connectivity index (χ2v) is 7.95. The molecule has 0 spiro atoms. The van der Waals surface area contributed by atoms with E-state index < -0.39 is 16.1 Å². The number of hydrogen-bond acceptors (Lipinski definition) is 4. The number of rotatable bonds is 7. The largest absolute Gasteiger partial charge is 0.351 e. The van der Waals surface area contributed by atoms with E-state index in [0.29, 0.717) is 6.54 Å². The summed E-state index contributed by atoms with van der Waals surface area (Å²) >= 11 is 0. The summed E-state index contributed by atoms with van der Waals surface area (Å²) in [7, 11) is -3.77. The standard InChI is InChI=1S/C18H23N3O3S/c1-13(2)17(18(22)20-12-15-5-4-10-19-11-15)21-25(23,24)16-8-6-14(3)7-9-16/h4-11,13,17,21H,12H2,1-3H3,(H,20,22). The Balaban J connectivity index is 2.09. The van der Waals surface area contributed by atoms with E-state index >= 15 is 0 Å². The Morgan fingerprint density at radius 3 is 2.40 bits per heavy atom. The maximum absolute atomic E-state index is 12.5. The Bertz CT molecular complexity index is 803. The molecule has 0 saturated heterocycles. The van der Waals surface area contributed by atoms with E-state index in [2.05, 4.69) is 15.0 Å². The molecule has 6 nitrogen and oxygen atoms in total. The molecular formula is C18H23N3O3S. The van der Waals surface area contributed by atoms with Gasteiger partial charge in [-0.1, -0.05) is 37.6 Å². The fourth-order valence-electron chi connectivity index (χ4n) is 2.25. The molecule has 1 unspecified atom stereocenters. The summed E-state index contributed by atoms with van der Waals surface area (Å²) in [6.07, 6.45) is 3.30. The van der Waals surface area contributed by atoms with Gasteiger partial charge < -0.3 is 5.32 Å². The van der Waals surface area contributed by atoms with Crippen LogP contribution < -0.4 is 10.0 Å². The molecule has 7 heteroatoms. The van der Waals surface area contributed by atoms with Crippen molar-refractivity contribution in [3.8, 4) is 0 Å². The highest BCUT2D eigenvalue weighted by Crippen LogP contribution is 2.13. The van der Waals surface area contributed by atoms with E-state index in [9.17, 15) is 13.2 Å². The molecule has 0 bridgehead atoms. The summed E-state index contributed by atoms with van der Waals surface area (Å²) in [6.45, 7) is 5.77. The van der Waals surface area contributed by atoms with E-state index in [1.165, 1.54) is 12.1 Å². The predicted octanol–water partition coefficient (Wildman–Crippen LogP) is 2.01. The van der Waals surface area contributed by atoms with Crippen molar-refractivity contribution in [3.63, 3.8) is 0 Å². The summed E-state index contributed by atoms with van der Waals surface area (Å²) in [6, 6.07) is 9.27.